The molecule has 1 atom stereocenters. The van der Waals surface area contributed by atoms with Gasteiger partial charge in [-0.1, -0.05) is 0 Å². The van der Waals surface area contributed by atoms with Gasteiger partial charge in [-0.25, -0.2) is 4.39 Å². The molecule has 25 heavy (non-hydrogen) atoms. The first-order valence-electron chi connectivity index (χ1n) is 8.16. The van der Waals surface area contributed by atoms with Crippen LogP contribution in [0, 0.1) is 5.82 Å². The number of ether oxygens (including phenoxy) is 1. The standard InChI is InChI=1S/C18H19FN2O4/c19-13-3-4-15(18(23)20-7-5-14-2-1-8-25-14)16(10-13)21-17(22)12-6-9-24-11-12/h3-4,6,9-11,14H,1-2,5,7-8H2,(H,20,23)(H,21,22)/t14-/m1/s1. The van der Waals surface area contributed by atoms with Gasteiger partial charge in [-0.05, 0) is 43.5 Å². The maximum absolute atomic E-state index is 13.5. The number of anilines is 1. The molecule has 1 aliphatic rings. The van der Waals surface area contributed by atoms with Gasteiger partial charge in [0.1, 0.15) is 12.1 Å². The van der Waals surface area contributed by atoms with Gasteiger partial charge in [0.2, 0.25) is 0 Å². The van der Waals surface area contributed by atoms with Crippen LogP contribution in [0.15, 0.2) is 41.2 Å². The maximum Gasteiger partial charge on any atom is 0.258 e. The van der Waals surface area contributed by atoms with Crippen molar-refractivity contribution in [2.24, 2.45) is 0 Å². The van der Waals surface area contributed by atoms with Crippen LogP contribution in [0.3, 0.4) is 0 Å². The fraction of sp³-hybridized carbons (Fsp3) is 0.333. The first-order chi connectivity index (χ1) is 12.1. The van der Waals surface area contributed by atoms with E-state index in [4.69, 9.17) is 9.15 Å². The number of amides is 2. The zero-order valence-electron chi connectivity index (χ0n) is 13.6. The quantitative estimate of drug-likeness (QED) is 0.843. The molecular weight excluding hydrogens is 327 g/mol. The Morgan fingerprint density at radius 2 is 2.12 bits per heavy atom. The summed E-state index contributed by atoms with van der Waals surface area (Å²) in [6.07, 6.45) is 5.58. The molecule has 2 amide bonds. The van der Waals surface area contributed by atoms with E-state index in [0.29, 0.717) is 6.54 Å². The summed E-state index contributed by atoms with van der Waals surface area (Å²) < 4.78 is 23.9. The minimum absolute atomic E-state index is 0.112. The zero-order chi connectivity index (χ0) is 17.6. The number of hydrogen-bond acceptors (Lipinski definition) is 4. The normalized spacial score (nSPS) is 16.6. The number of rotatable bonds is 6. The van der Waals surface area contributed by atoms with Gasteiger partial charge in [0.15, 0.2) is 0 Å². The van der Waals surface area contributed by atoms with Crippen LogP contribution in [-0.2, 0) is 4.74 Å². The van der Waals surface area contributed by atoms with Gasteiger partial charge in [-0.15, -0.1) is 0 Å². The molecule has 0 aliphatic carbocycles. The third-order valence-electron chi connectivity index (χ3n) is 4.03. The molecule has 1 aromatic carbocycles. The highest BCUT2D eigenvalue weighted by Gasteiger charge is 2.18. The molecule has 0 spiro atoms. The molecule has 1 aliphatic heterocycles. The Morgan fingerprint density at radius 1 is 1.24 bits per heavy atom. The van der Waals surface area contributed by atoms with Crippen LogP contribution < -0.4 is 10.6 Å². The predicted octanol–water partition coefficient (Wildman–Crippen LogP) is 2.97. The largest absolute Gasteiger partial charge is 0.472 e. The van der Waals surface area contributed by atoms with Crippen LogP contribution in [0.25, 0.3) is 0 Å². The molecule has 6 nitrogen and oxygen atoms in total. The lowest BCUT2D eigenvalue weighted by atomic mass is 10.1. The Labute approximate surface area is 144 Å². The molecule has 0 bridgehead atoms. The van der Waals surface area contributed by atoms with E-state index in [1.54, 1.807) is 0 Å². The molecule has 2 N–H and O–H groups in total. The highest BCUT2D eigenvalue weighted by Crippen LogP contribution is 2.19. The van der Waals surface area contributed by atoms with E-state index in [-0.39, 0.29) is 28.8 Å². The molecule has 0 saturated carbocycles. The molecule has 132 valence electrons. The van der Waals surface area contributed by atoms with Crippen LogP contribution in [0.4, 0.5) is 10.1 Å². The van der Waals surface area contributed by atoms with Crippen LogP contribution >= 0.6 is 0 Å². The number of furan rings is 1. The highest BCUT2D eigenvalue weighted by atomic mass is 19.1. The molecule has 1 aromatic heterocycles. The molecule has 7 heteroatoms. The first-order valence-corrected chi connectivity index (χ1v) is 8.16. The topological polar surface area (TPSA) is 80.6 Å². The van der Waals surface area contributed by atoms with E-state index in [0.717, 1.165) is 31.9 Å². The van der Waals surface area contributed by atoms with Crippen molar-refractivity contribution in [2.45, 2.75) is 25.4 Å². The smallest absolute Gasteiger partial charge is 0.258 e. The predicted molar refractivity (Wildman–Crippen MR) is 89.0 cm³/mol. The van der Waals surface area contributed by atoms with Crippen LogP contribution in [-0.4, -0.2) is 31.1 Å². The van der Waals surface area contributed by atoms with Crippen LogP contribution in [0.5, 0.6) is 0 Å². The lowest BCUT2D eigenvalue weighted by molar-refractivity contribution is 0.0908. The molecule has 0 unspecified atom stereocenters. The Hall–Kier alpha value is -2.67. The van der Waals surface area contributed by atoms with Gasteiger partial charge in [-0.3, -0.25) is 9.59 Å². The minimum Gasteiger partial charge on any atom is -0.472 e. The van der Waals surface area contributed by atoms with Crippen molar-refractivity contribution in [3.05, 3.63) is 53.7 Å². The maximum atomic E-state index is 13.5. The average molecular weight is 346 g/mol. The van der Waals surface area contributed by atoms with Crippen molar-refractivity contribution >= 4 is 17.5 Å². The Morgan fingerprint density at radius 3 is 2.84 bits per heavy atom. The Bertz CT molecular complexity index is 740. The number of hydrogen-bond donors (Lipinski definition) is 2. The van der Waals surface area contributed by atoms with Crippen LogP contribution in [0.2, 0.25) is 0 Å². The summed E-state index contributed by atoms with van der Waals surface area (Å²) in [5, 5.41) is 5.32. The summed E-state index contributed by atoms with van der Waals surface area (Å²) in [4.78, 5) is 24.5. The van der Waals surface area contributed by atoms with E-state index in [2.05, 4.69) is 10.6 Å². The number of benzene rings is 1. The summed E-state index contributed by atoms with van der Waals surface area (Å²) in [6.45, 7) is 1.22. The fourth-order valence-corrected chi connectivity index (χ4v) is 2.72. The van der Waals surface area contributed by atoms with Gasteiger partial charge in [0.05, 0.1) is 29.2 Å². The third kappa shape index (κ3) is 4.45. The number of carbonyl (C=O) groups is 2. The van der Waals surface area contributed by atoms with Crippen molar-refractivity contribution in [1.82, 2.24) is 5.32 Å². The minimum atomic E-state index is -0.543. The van der Waals surface area contributed by atoms with Gasteiger partial charge in [-0.2, -0.15) is 0 Å². The van der Waals surface area contributed by atoms with Crippen molar-refractivity contribution < 1.29 is 23.1 Å². The lowest BCUT2D eigenvalue weighted by Gasteiger charge is -2.13. The van der Waals surface area contributed by atoms with Gasteiger partial charge < -0.3 is 19.8 Å². The summed E-state index contributed by atoms with van der Waals surface area (Å²) in [6, 6.07) is 5.13. The number of nitrogens with one attached hydrogen (secondary N) is 2. The molecule has 0 radical (unpaired) electrons. The van der Waals surface area contributed by atoms with Gasteiger partial charge in [0, 0.05) is 13.2 Å². The van der Waals surface area contributed by atoms with Gasteiger partial charge >= 0.3 is 0 Å². The molecule has 3 rings (SSSR count). The summed E-state index contributed by atoms with van der Waals surface area (Å²) in [5.74, 6) is -1.40. The molecular formula is C18H19FN2O4. The summed E-state index contributed by atoms with van der Waals surface area (Å²) in [5.41, 5.74) is 0.598. The highest BCUT2D eigenvalue weighted by molar-refractivity contribution is 6.08. The van der Waals surface area contributed by atoms with Crippen molar-refractivity contribution in [2.75, 3.05) is 18.5 Å². The van der Waals surface area contributed by atoms with Gasteiger partial charge in [0.25, 0.3) is 11.8 Å². The second-order valence-electron chi connectivity index (χ2n) is 5.84. The van der Waals surface area contributed by atoms with E-state index < -0.39 is 11.7 Å². The summed E-state index contributed by atoms with van der Waals surface area (Å²) >= 11 is 0. The molecule has 1 fully saturated rings. The van der Waals surface area contributed by atoms with Crippen molar-refractivity contribution in [3.8, 4) is 0 Å². The number of halogens is 1. The van der Waals surface area contributed by atoms with E-state index in [9.17, 15) is 14.0 Å². The third-order valence-corrected chi connectivity index (χ3v) is 4.03. The molecule has 2 heterocycles. The monoisotopic (exact) mass is 346 g/mol. The van der Waals surface area contributed by atoms with E-state index in [1.165, 1.54) is 30.7 Å². The Balaban J connectivity index is 1.65. The van der Waals surface area contributed by atoms with E-state index >= 15 is 0 Å². The molecule has 2 aromatic rings. The van der Waals surface area contributed by atoms with Crippen molar-refractivity contribution in [1.29, 1.82) is 0 Å². The SMILES string of the molecule is O=C(Nc1cc(F)ccc1C(=O)NCC[C@H]1CCCO1)c1ccoc1. The van der Waals surface area contributed by atoms with Crippen LogP contribution in [0.1, 0.15) is 40.0 Å². The second-order valence-corrected chi connectivity index (χ2v) is 5.84. The summed E-state index contributed by atoms with van der Waals surface area (Å²) in [7, 11) is 0. The number of carbonyl (C=O) groups excluding carboxylic acids is 2. The molecule has 1 saturated heterocycles. The Kier molecular flexibility index (Phi) is 5.45. The second kappa shape index (κ2) is 7.94. The van der Waals surface area contributed by atoms with Crippen molar-refractivity contribution in [3.63, 3.8) is 0 Å². The first kappa shape index (κ1) is 17.2. The zero-order valence-corrected chi connectivity index (χ0v) is 13.6. The fourth-order valence-electron chi connectivity index (χ4n) is 2.72. The lowest BCUT2D eigenvalue weighted by Crippen LogP contribution is -2.28. The van der Waals surface area contributed by atoms with E-state index in [1.807, 2.05) is 0 Å². The average Bonchev–Trinajstić information content (AvgIpc) is 3.28.